The van der Waals surface area contributed by atoms with Gasteiger partial charge in [-0.1, -0.05) is 6.92 Å². The summed E-state index contributed by atoms with van der Waals surface area (Å²) in [6.07, 6.45) is 0. The molecule has 0 heterocycles. The summed E-state index contributed by atoms with van der Waals surface area (Å²) in [5, 5.41) is 9.84. The lowest BCUT2D eigenvalue weighted by atomic mass is 10.5. The lowest BCUT2D eigenvalue weighted by molar-refractivity contribution is -0.436. The van der Waals surface area contributed by atoms with Gasteiger partial charge in [0.05, 0.1) is 0 Å². The van der Waals surface area contributed by atoms with Crippen molar-refractivity contribution in [3.05, 3.63) is 16.7 Å². The maximum absolute atomic E-state index is 9.88. The Balaban J connectivity index is 3.25. The summed E-state index contributed by atoms with van der Waals surface area (Å²) in [7, 11) is 0. The van der Waals surface area contributed by atoms with Crippen LogP contribution in [0.5, 0.6) is 0 Å². The normalized spacial score (nSPS) is 12.6. The van der Waals surface area contributed by atoms with E-state index >= 15 is 0 Å². The number of rotatable bonds is 5. The standard InChI is InChI=1S/C5H11N2O2S/c1-5(4-7(8)9)10-3-2-6/h4-5H,2-3,6H2,1H3/q-1. The largest absolute Gasteiger partial charge is 0.330 e. The average Bonchev–Trinajstić information content (AvgIpc) is 1.82. The van der Waals surface area contributed by atoms with Crippen molar-refractivity contribution in [2.75, 3.05) is 12.3 Å². The second kappa shape index (κ2) is 5.37. The lowest BCUT2D eigenvalue weighted by Gasteiger charge is -2.12. The van der Waals surface area contributed by atoms with Crippen LogP contribution in [0.1, 0.15) is 6.92 Å². The smallest absolute Gasteiger partial charge is 0.00364 e. The molecule has 0 aliphatic carbocycles. The van der Waals surface area contributed by atoms with Gasteiger partial charge in [0, 0.05) is 12.3 Å². The van der Waals surface area contributed by atoms with E-state index in [9.17, 15) is 10.1 Å². The molecule has 0 rings (SSSR count). The zero-order chi connectivity index (χ0) is 7.98. The minimum Gasteiger partial charge on any atom is -0.330 e. The van der Waals surface area contributed by atoms with Gasteiger partial charge in [0.1, 0.15) is 0 Å². The predicted molar refractivity (Wildman–Crippen MR) is 42.3 cm³/mol. The van der Waals surface area contributed by atoms with Crippen LogP contribution >= 0.6 is 11.8 Å². The molecule has 4 nitrogen and oxygen atoms in total. The molecule has 0 aromatic heterocycles. The van der Waals surface area contributed by atoms with Gasteiger partial charge in [-0.05, 0) is 11.8 Å². The fourth-order valence-corrected chi connectivity index (χ4v) is 1.16. The van der Waals surface area contributed by atoms with Crippen molar-refractivity contribution in [2.45, 2.75) is 12.2 Å². The number of hydrogen-bond acceptors (Lipinski definition) is 4. The lowest BCUT2D eigenvalue weighted by Crippen LogP contribution is -2.10. The van der Waals surface area contributed by atoms with E-state index in [1.807, 2.05) is 0 Å². The Morgan fingerprint density at radius 3 is 2.90 bits per heavy atom. The van der Waals surface area contributed by atoms with Gasteiger partial charge in [0.15, 0.2) is 0 Å². The molecule has 10 heavy (non-hydrogen) atoms. The van der Waals surface area contributed by atoms with Gasteiger partial charge in [-0.25, -0.2) is 0 Å². The molecule has 0 amide bonds. The van der Waals surface area contributed by atoms with Gasteiger partial charge in [0.25, 0.3) is 0 Å². The first kappa shape index (κ1) is 9.58. The van der Waals surface area contributed by atoms with Crippen molar-refractivity contribution >= 4 is 11.8 Å². The molecular weight excluding hydrogens is 152 g/mol. The summed E-state index contributed by atoms with van der Waals surface area (Å²) in [4.78, 5) is 9.46. The van der Waals surface area contributed by atoms with Gasteiger partial charge in [-0.3, -0.25) is 10.1 Å². The highest BCUT2D eigenvalue weighted by Gasteiger charge is 1.96. The highest BCUT2D eigenvalue weighted by atomic mass is 32.2. The molecule has 5 heteroatoms. The molecule has 0 spiro atoms. The first-order valence-electron chi connectivity index (χ1n) is 2.97. The van der Waals surface area contributed by atoms with Crippen LogP contribution in [-0.2, 0) is 0 Å². The second-order valence-electron chi connectivity index (χ2n) is 1.80. The highest BCUT2D eigenvalue weighted by Crippen LogP contribution is 2.11. The van der Waals surface area contributed by atoms with Gasteiger partial charge >= 0.3 is 0 Å². The average molecular weight is 163 g/mol. The molecule has 1 atom stereocenters. The van der Waals surface area contributed by atoms with Crippen LogP contribution in [0.4, 0.5) is 0 Å². The van der Waals surface area contributed by atoms with Crippen molar-refractivity contribution < 1.29 is 4.92 Å². The number of nitrogens with two attached hydrogens (primary N) is 1. The van der Waals surface area contributed by atoms with Gasteiger partial charge in [-0.15, -0.1) is 4.92 Å². The summed E-state index contributed by atoms with van der Waals surface area (Å²) in [6.45, 7) is 3.42. The van der Waals surface area contributed by atoms with Crippen LogP contribution in [0.15, 0.2) is 0 Å². The van der Waals surface area contributed by atoms with E-state index in [4.69, 9.17) is 5.73 Å². The summed E-state index contributed by atoms with van der Waals surface area (Å²) in [5.74, 6) is 0.769. The molecule has 1 unspecified atom stereocenters. The maximum atomic E-state index is 9.88. The Hall–Kier alpha value is -0.420. The molecule has 0 aromatic rings. The molecule has 0 bridgehead atoms. The summed E-state index contributed by atoms with van der Waals surface area (Å²) in [6, 6.07) is 0. The van der Waals surface area contributed by atoms with Crippen molar-refractivity contribution in [1.82, 2.24) is 0 Å². The van der Waals surface area contributed by atoms with Crippen LogP contribution in [-0.4, -0.2) is 22.5 Å². The topological polar surface area (TPSA) is 69.2 Å². The third kappa shape index (κ3) is 5.71. The molecular formula is C5H11N2O2S-. The molecule has 0 fully saturated rings. The minimum atomic E-state index is -0.422. The number of thioether (sulfide) groups is 1. The van der Waals surface area contributed by atoms with Crippen molar-refractivity contribution in [1.29, 1.82) is 0 Å². The van der Waals surface area contributed by atoms with Crippen molar-refractivity contribution in [2.24, 2.45) is 5.73 Å². The van der Waals surface area contributed by atoms with Gasteiger partial charge in [0.2, 0.25) is 0 Å². The predicted octanol–water partition coefficient (Wildman–Crippen LogP) is 0.505. The van der Waals surface area contributed by atoms with E-state index in [-0.39, 0.29) is 5.25 Å². The molecule has 0 aromatic carbocycles. The fraction of sp³-hybridized carbons (Fsp3) is 0.800. The van der Waals surface area contributed by atoms with E-state index in [0.29, 0.717) is 6.54 Å². The van der Waals surface area contributed by atoms with E-state index in [1.54, 1.807) is 6.92 Å². The Bertz CT molecular complexity index is 110. The first-order valence-corrected chi connectivity index (χ1v) is 4.02. The van der Waals surface area contributed by atoms with Crippen molar-refractivity contribution in [3.8, 4) is 0 Å². The highest BCUT2D eigenvalue weighted by molar-refractivity contribution is 8.00. The van der Waals surface area contributed by atoms with Crippen LogP contribution in [0, 0.1) is 16.7 Å². The van der Waals surface area contributed by atoms with Gasteiger partial charge < -0.3 is 5.73 Å². The molecule has 0 aliphatic rings. The third-order valence-corrected chi connectivity index (χ3v) is 1.95. The van der Waals surface area contributed by atoms with Crippen molar-refractivity contribution in [3.63, 3.8) is 0 Å². The maximum Gasteiger partial charge on any atom is 0.00364 e. The van der Waals surface area contributed by atoms with E-state index in [1.165, 1.54) is 11.8 Å². The second-order valence-corrected chi connectivity index (χ2v) is 3.28. The summed E-state index contributed by atoms with van der Waals surface area (Å²) < 4.78 is 0. The number of nitro groups is 1. The molecule has 0 saturated carbocycles. The SMILES string of the molecule is CC([CH-][N+](=O)[O-])SCCN. The Morgan fingerprint density at radius 1 is 1.90 bits per heavy atom. The van der Waals surface area contributed by atoms with E-state index < -0.39 is 4.92 Å². The first-order chi connectivity index (χ1) is 4.66. The molecule has 0 radical (unpaired) electrons. The quantitative estimate of drug-likeness (QED) is 0.364. The van der Waals surface area contributed by atoms with Crippen LogP contribution in [0.3, 0.4) is 0 Å². The summed E-state index contributed by atoms with van der Waals surface area (Å²) in [5.41, 5.74) is 5.20. The summed E-state index contributed by atoms with van der Waals surface area (Å²) >= 11 is 1.48. The monoisotopic (exact) mass is 163 g/mol. The minimum absolute atomic E-state index is 0.0430. The Morgan fingerprint density at radius 2 is 2.50 bits per heavy atom. The molecule has 0 saturated heterocycles. The molecule has 0 aliphatic heterocycles. The van der Waals surface area contributed by atoms with E-state index in [2.05, 4.69) is 0 Å². The molecule has 60 valence electrons. The van der Waals surface area contributed by atoms with E-state index in [0.717, 1.165) is 12.3 Å². The number of hydrogen-bond donors (Lipinski definition) is 1. The van der Waals surface area contributed by atoms with Crippen LogP contribution in [0.25, 0.3) is 0 Å². The Labute approximate surface area is 64.3 Å². The van der Waals surface area contributed by atoms with Gasteiger partial charge in [-0.2, -0.15) is 11.8 Å². The van der Waals surface area contributed by atoms with Crippen LogP contribution in [0.2, 0.25) is 0 Å². The zero-order valence-electron chi connectivity index (χ0n) is 5.82. The molecule has 2 N–H and O–H groups in total. The third-order valence-electron chi connectivity index (χ3n) is 0.830. The van der Waals surface area contributed by atoms with Crippen LogP contribution < -0.4 is 5.73 Å². The Kier molecular flexibility index (Phi) is 5.15. The zero-order valence-corrected chi connectivity index (χ0v) is 6.63. The number of nitrogens with zero attached hydrogens (tertiary/aromatic N) is 1. The fourth-order valence-electron chi connectivity index (χ4n) is 0.468.